The van der Waals surface area contributed by atoms with Crippen molar-refractivity contribution in [2.75, 3.05) is 19.8 Å². The zero-order valence-electron chi connectivity index (χ0n) is 13.6. The molecule has 1 aliphatic heterocycles. The Balaban J connectivity index is 1.89. The van der Waals surface area contributed by atoms with Crippen LogP contribution < -0.4 is 5.32 Å². The van der Waals surface area contributed by atoms with E-state index in [1.54, 1.807) is 0 Å². The second kappa shape index (κ2) is 6.76. The van der Waals surface area contributed by atoms with Gasteiger partial charge < -0.3 is 15.2 Å². The van der Waals surface area contributed by atoms with Crippen LogP contribution in [0.5, 0.6) is 0 Å². The van der Waals surface area contributed by atoms with E-state index < -0.39 is 0 Å². The molecule has 1 saturated carbocycles. The van der Waals surface area contributed by atoms with Gasteiger partial charge in [-0.25, -0.2) is 0 Å². The van der Waals surface area contributed by atoms with Crippen molar-refractivity contribution in [3.63, 3.8) is 0 Å². The summed E-state index contributed by atoms with van der Waals surface area (Å²) in [5.74, 6) is 0.778. The van der Waals surface area contributed by atoms with E-state index in [1.165, 1.54) is 32.1 Å². The second-order valence-corrected chi connectivity index (χ2v) is 7.95. The predicted molar refractivity (Wildman–Crippen MR) is 82.8 cm³/mol. The molecule has 20 heavy (non-hydrogen) atoms. The van der Waals surface area contributed by atoms with Gasteiger partial charge >= 0.3 is 0 Å². The van der Waals surface area contributed by atoms with Crippen LogP contribution in [0.25, 0.3) is 0 Å². The molecular formula is C17H33NO2. The van der Waals surface area contributed by atoms with Gasteiger partial charge in [-0.05, 0) is 49.9 Å². The van der Waals surface area contributed by atoms with Crippen LogP contribution in [0.15, 0.2) is 0 Å². The summed E-state index contributed by atoms with van der Waals surface area (Å²) in [5.41, 5.74) is 0.325. The molecule has 3 heteroatoms. The summed E-state index contributed by atoms with van der Waals surface area (Å²) in [6.45, 7) is 9.12. The summed E-state index contributed by atoms with van der Waals surface area (Å²) in [4.78, 5) is 0. The molecule has 0 spiro atoms. The van der Waals surface area contributed by atoms with Gasteiger partial charge in [0.15, 0.2) is 0 Å². The highest BCUT2D eigenvalue weighted by atomic mass is 16.5. The van der Waals surface area contributed by atoms with Crippen molar-refractivity contribution in [2.24, 2.45) is 11.3 Å². The van der Waals surface area contributed by atoms with Crippen LogP contribution in [-0.4, -0.2) is 36.5 Å². The fourth-order valence-electron chi connectivity index (χ4n) is 3.80. The quantitative estimate of drug-likeness (QED) is 0.779. The second-order valence-electron chi connectivity index (χ2n) is 7.95. The fraction of sp³-hybridized carbons (Fsp3) is 1.00. The molecule has 3 nitrogen and oxygen atoms in total. The number of nitrogens with one attached hydrogen (secondary N) is 1. The van der Waals surface area contributed by atoms with Crippen LogP contribution in [0.2, 0.25) is 0 Å². The Kier molecular flexibility index (Phi) is 5.49. The minimum absolute atomic E-state index is 0.0635. The van der Waals surface area contributed by atoms with Gasteiger partial charge in [0.2, 0.25) is 0 Å². The van der Waals surface area contributed by atoms with Gasteiger partial charge in [-0.3, -0.25) is 0 Å². The van der Waals surface area contributed by atoms with Gasteiger partial charge in [0.25, 0.3) is 0 Å². The van der Waals surface area contributed by atoms with Crippen LogP contribution in [0.4, 0.5) is 0 Å². The predicted octanol–water partition coefficient (Wildman–Crippen LogP) is 3.11. The first-order chi connectivity index (χ1) is 9.45. The Bertz CT molecular complexity index is 294. The minimum Gasteiger partial charge on any atom is -0.394 e. The van der Waals surface area contributed by atoms with E-state index in [1.807, 2.05) is 0 Å². The van der Waals surface area contributed by atoms with Crippen LogP contribution in [0, 0.1) is 11.3 Å². The number of hydrogen-bond acceptors (Lipinski definition) is 3. The first-order valence-corrected chi connectivity index (χ1v) is 8.43. The number of ether oxygens (including phenoxy) is 1. The maximum absolute atomic E-state index is 9.93. The average Bonchev–Trinajstić information content (AvgIpc) is 2.81. The molecule has 0 aromatic rings. The Morgan fingerprint density at radius 2 is 1.95 bits per heavy atom. The third kappa shape index (κ3) is 4.19. The van der Waals surface area contributed by atoms with Gasteiger partial charge in [-0.15, -0.1) is 0 Å². The van der Waals surface area contributed by atoms with E-state index in [-0.39, 0.29) is 12.1 Å². The third-order valence-corrected chi connectivity index (χ3v) is 5.44. The maximum Gasteiger partial charge on any atom is 0.0700 e. The Hall–Kier alpha value is -0.120. The molecule has 1 saturated heterocycles. The SMILES string of the molecule is CC(C)(C)C1CCCC(CO)(NCC2CCCO2)CC1. The van der Waals surface area contributed by atoms with Crippen molar-refractivity contribution in [2.45, 2.75) is 77.4 Å². The number of aliphatic hydroxyl groups excluding tert-OH is 1. The largest absolute Gasteiger partial charge is 0.394 e. The molecular weight excluding hydrogens is 250 g/mol. The lowest BCUT2D eigenvalue weighted by atomic mass is 9.76. The van der Waals surface area contributed by atoms with E-state index >= 15 is 0 Å². The molecule has 2 fully saturated rings. The van der Waals surface area contributed by atoms with Crippen LogP contribution in [0.3, 0.4) is 0 Å². The Morgan fingerprint density at radius 3 is 2.55 bits per heavy atom. The normalized spacial score (nSPS) is 36.0. The van der Waals surface area contributed by atoms with Crippen LogP contribution >= 0.6 is 0 Å². The highest BCUT2D eigenvalue weighted by molar-refractivity contribution is 4.93. The van der Waals surface area contributed by atoms with E-state index in [0.29, 0.717) is 11.5 Å². The summed E-state index contributed by atoms with van der Waals surface area (Å²) in [5, 5.41) is 13.6. The molecule has 0 aromatic carbocycles. The number of hydrogen-bond donors (Lipinski definition) is 2. The van der Waals surface area contributed by atoms with Gasteiger partial charge in [0, 0.05) is 18.7 Å². The molecule has 0 radical (unpaired) electrons. The lowest BCUT2D eigenvalue weighted by molar-refractivity contribution is 0.0815. The zero-order valence-corrected chi connectivity index (χ0v) is 13.6. The van der Waals surface area contributed by atoms with Crippen molar-refractivity contribution >= 4 is 0 Å². The summed E-state index contributed by atoms with van der Waals surface area (Å²) < 4.78 is 5.70. The molecule has 118 valence electrons. The minimum atomic E-state index is -0.0635. The van der Waals surface area contributed by atoms with Crippen LogP contribution in [0.1, 0.15) is 65.7 Å². The van der Waals surface area contributed by atoms with Crippen molar-refractivity contribution in [3.8, 4) is 0 Å². The fourth-order valence-corrected chi connectivity index (χ4v) is 3.80. The molecule has 1 heterocycles. The maximum atomic E-state index is 9.93. The van der Waals surface area contributed by atoms with E-state index in [0.717, 1.165) is 31.9 Å². The standard InChI is InChI=1S/C17H33NO2/c1-16(2,3)14-6-4-9-17(13-19,10-8-14)18-12-15-7-5-11-20-15/h14-15,18-19H,4-13H2,1-3H3. The lowest BCUT2D eigenvalue weighted by Crippen LogP contribution is -2.50. The molecule has 0 amide bonds. The van der Waals surface area contributed by atoms with Crippen molar-refractivity contribution in [1.29, 1.82) is 0 Å². The van der Waals surface area contributed by atoms with E-state index in [2.05, 4.69) is 26.1 Å². The molecule has 2 aliphatic rings. The molecule has 2 N–H and O–H groups in total. The molecule has 2 rings (SSSR count). The third-order valence-electron chi connectivity index (χ3n) is 5.44. The summed E-state index contributed by atoms with van der Waals surface area (Å²) in [6, 6.07) is 0. The Labute approximate surface area is 124 Å². The average molecular weight is 283 g/mol. The Morgan fingerprint density at radius 1 is 1.15 bits per heavy atom. The molecule has 3 unspecified atom stereocenters. The number of rotatable bonds is 4. The number of aliphatic hydroxyl groups is 1. The van der Waals surface area contributed by atoms with Crippen molar-refractivity contribution < 1.29 is 9.84 Å². The topological polar surface area (TPSA) is 41.5 Å². The molecule has 3 atom stereocenters. The monoisotopic (exact) mass is 283 g/mol. The first-order valence-electron chi connectivity index (χ1n) is 8.43. The molecule has 0 bridgehead atoms. The highest BCUT2D eigenvalue weighted by Gasteiger charge is 2.36. The van der Waals surface area contributed by atoms with Gasteiger partial charge in [0.05, 0.1) is 12.7 Å². The highest BCUT2D eigenvalue weighted by Crippen LogP contribution is 2.39. The van der Waals surface area contributed by atoms with Gasteiger partial charge in [-0.1, -0.05) is 27.2 Å². The zero-order chi connectivity index (χ0) is 14.6. The lowest BCUT2D eigenvalue weighted by Gasteiger charge is -2.34. The van der Waals surface area contributed by atoms with Crippen molar-refractivity contribution in [3.05, 3.63) is 0 Å². The van der Waals surface area contributed by atoms with E-state index in [4.69, 9.17) is 4.74 Å². The molecule has 0 aromatic heterocycles. The smallest absolute Gasteiger partial charge is 0.0700 e. The van der Waals surface area contributed by atoms with Crippen LogP contribution in [-0.2, 0) is 4.74 Å². The van der Waals surface area contributed by atoms with Gasteiger partial charge in [-0.2, -0.15) is 0 Å². The molecule has 1 aliphatic carbocycles. The van der Waals surface area contributed by atoms with E-state index in [9.17, 15) is 5.11 Å². The van der Waals surface area contributed by atoms with Crippen molar-refractivity contribution in [1.82, 2.24) is 5.32 Å². The summed E-state index contributed by atoms with van der Waals surface area (Å²) >= 11 is 0. The van der Waals surface area contributed by atoms with Gasteiger partial charge in [0.1, 0.15) is 0 Å². The summed E-state index contributed by atoms with van der Waals surface area (Å²) in [6.07, 6.45) is 8.65. The summed E-state index contributed by atoms with van der Waals surface area (Å²) in [7, 11) is 0. The first kappa shape index (κ1) is 16.3.